The predicted octanol–water partition coefficient (Wildman–Crippen LogP) is 3.06. The molecule has 0 amide bonds. The van der Waals surface area contributed by atoms with Crippen LogP contribution in [0.2, 0.25) is 0 Å². The van der Waals surface area contributed by atoms with Gasteiger partial charge in [-0.2, -0.15) is 0 Å². The van der Waals surface area contributed by atoms with E-state index in [0.29, 0.717) is 24.2 Å². The number of rotatable bonds is 8. The van der Waals surface area contributed by atoms with Crippen molar-refractivity contribution in [1.29, 1.82) is 0 Å². The molecule has 0 radical (unpaired) electrons. The molecular formula is C22H22O6. The number of carbonyl (C=O) groups is 2. The lowest BCUT2D eigenvalue weighted by Crippen LogP contribution is -2.50. The van der Waals surface area contributed by atoms with E-state index in [0.717, 1.165) is 5.56 Å². The van der Waals surface area contributed by atoms with Gasteiger partial charge in [0.15, 0.2) is 18.5 Å². The van der Waals surface area contributed by atoms with Gasteiger partial charge in [-0.1, -0.05) is 48.5 Å². The van der Waals surface area contributed by atoms with Crippen LogP contribution in [0.4, 0.5) is 0 Å². The first-order valence-electron chi connectivity index (χ1n) is 8.98. The Morgan fingerprint density at radius 2 is 1.75 bits per heavy atom. The molecule has 0 unspecified atom stereocenters. The zero-order chi connectivity index (χ0) is 19.8. The lowest BCUT2D eigenvalue weighted by Gasteiger charge is -2.36. The van der Waals surface area contributed by atoms with E-state index >= 15 is 0 Å². The molecule has 6 nitrogen and oxygen atoms in total. The van der Waals surface area contributed by atoms with E-state index in [9.17, 15) is 9.59 Å². The van der Waals surface area contributed by atoms with Crippen LogP contribution in [0.15, 0.2) is 72.5 Å². The summed E-state index contributed by atoms with van der Waals surface area (Å²) in [6.07, 6.45) is 0.0824. The predicted molar refractivity (Wildman–Crippen MR) is 102 cm³/mol. The van der Waals surface area contributed by atoms with Crippen LogP contribution < -0.4 is 4.74 Å². The largest absolute Gasteiger partial charge is 0.491 e. The normalized spacial score (nSPS) is 21.2. The van der Waals surface area contributed by atoms with Gasteiger partial charge >= 0.3 is 5.97 Å². The molecule has 1 aliphatic rings. The van der Waals surface area contributed by atoms with Crippen molar-refractivity contribution in [3.8, 4) is 5.75 Å². The zero-order valence-electron chi connectivity index (χ0n) is 15.5. The molecule has 0 spiro atoms. The topological polar surface area (TPSA) is 71.1 Å². The number of esters is 1. The van der Waals surface area contributed by atoms with E-state index in [1.807, 2.05) is 48.5 Å². The van der Waals surface area contributed by atoms with Gasteiger partial charge in [-0.3, -0.25) is 9.59 Å². The van der Waals surface area contributed by atoms with E-state index in [4.69, 9.17) is 18.9 Å². The molecular weight excluding hydrogens is 360 g/mol. The SMILES string of the molecule is CC(=O)OC[C@H]1OC=C(C=O)[C@H](Oc2ccccc2)[C@H]1OCc1ccccc1. The highest BCUT2D eigenvalue weighted by molar-refractivity contribution is 5.75. The molecule has 0 aromatic heterocycles. The second kappa shape index (κ2) is 9.71. The first-order chi connectivity index (χ1) is 13.7. The third kappa shape index (κ3) is 5.20. The lowest BCUT2D eigenvalue weighted by atomic mass is 9.99. The number of para-hydroxylation sites is 1. The van der Waals surface area contributed by atoms with Crippen LogP contribution in [-0.2, 0) is 30.4 Å². The van der Waals surface area contributed by atoms with Gasteiger partial charge in [0.2, 0.25) is 0 Å². The van der Waals surface area contributed by atoms with Crippen molar-refractivity contribution in [3.63, 3.8) is 0 Å². The summed E-state index contributed by atoms with van der Waals surface area (Å²) in [6.45, 7) is 1.62. The summed E-state index contributed by atoms with van der Waals surface area (Å²) >= 11 is 0. The summed E-state index contributed by atoms with van der Waals surface area (Å²) in [5.74, 6) is 0.179. The monoisotopic (exact) mass is 382 g/mol. The molecule has 3 rings (SSSR count). The molecule has 2 aromatic carbocycles. The standard InChI is InChI=1S/C22H22O6/c1-16(24)25-15-20-22(27-13-17-8-4-2-5-9-17)21(18(12-23)14-26-20)28-19-10-6-3-7-11-19/h2-12,14,20-22H,13,15H2,1H3/t20-,21+,22+/m1/s1. The van der Waals surface area contributed by atoms with Crippen LogP contribution in [0, 0.1) is 0 Å². The molecule has 3 atom stereocenters. The molecule has 1 heterocycles. The Hall–Kier alpha value is -3.12. The van der Waals surface area contributed by atoms with E-state index in [1.165, 1.54) is 13.2 Å². The van der Waals surface area contributed by atoms with Crippen molar-refractivity contribution in [1.82, 2.24) is 0 Å². The number of benzene rings is 2. The minimum absolute atomic E-state index is 0.00786. The first-order valence-corrected chi connectivity index (χ1v) is 8.98. The summed E-state index contributed by atoms with van der Waals surface area (Å²) in [6, 6.07) is 18.8. The highest BCUT2D eigenvalue weighted by Crippen LogP contribution is 2.27. The summed E-state index contributed by atoms with van der Waals surface area (Å²) in [5.41, 5.74) is 1.29. The number of aldehydes is 1. The van der Waals surface area contributed by atoms with Crippen LogP contribution in [0.3, 0.4) is 0 Å². The average molecular weight is 382 g/mol. The van der Waals surface area contributed by atoms with Crippen LogP contribution in [-0.4, -0.2) is 37.2 Å². The van der Waals surface area contributed by atoms with Gasteiger partial charge < -0.3 is 18.9 Å². The highest BCUT2D eigenvalue weighted by atomic mass is 16.6. The fraction of sp³-hybridized carbons (Fsp3) is 0.273. The molecule has 1 aliphatic heterocycles. The Balaban J connectivity index is 1.82. The molecule has 0 aliphatic carbocycles. The molecule has 0 saturated carbocycles. The minimum atomic E-state index is -0.696. The molecule has 28 heavy (non-hydrogen) atoms. The third-order valence-electron chi connectivity index (χ3n) is 4.25. The van der Waals surface area contributed by atoms with Crippen molar-refractivity contribution < 1.29 is 28.5 Å². The van der Waals surface area contributed by atoms with Crippen molar-refractivity contribution in [2.75, 3.05) is 6.61 Å². The van der Waals surface area contributed by atoms with E-state index in [2.05, 4.69) is 0 Å². The van der Waals surface area contributed by atoms with Gasteiger partial charge in [-0.15, -0.1) is 0 Å². The van der Waals surface area contributed by atoms with Gasteiger partial charge in [-0.05, 0) is 17.7 Å². The van der Waals surface area contributed by atoms with Crippen LogP contribution in [0.25, 0.3) is 0 Å². The molecule has 0 N–H and O–H groups in total. The smallest absolute Gasteiger partial charge is 0.302 e. The Morgan fingerprint density at radius 1 is 1.07 bits per heavy atom. The zero-order valence-corrected chi connectivity index (χ0v) is 15.5. The molecule has 0 saturated heterocycles. The molecule has 0 bridgehead atoms. The van der Waals surface area contributed by atoms with Gasteiger partial charge in [0, 0.05) is 6.92 Å². The number of hydrogen-bond acceptors (Lipinski definition) is 6. The summed E-state index contributed by atoms with van der Waals surface area (Å²) < 4.78 is 22.9. The molecule has 2 aromatic rings. The quantitative estimate of drug-likeness (QED) is 0.516. The molecule has 6 heteroatoms. The fourth-order valence-corrected chi connectivity index (χ4v) is 2.87. The summed E-state index contributed by atoms with van der Waals surface area (Å²) in [5, 5.41) is 0. The second-order valence-corrected chi connectivity index (χ2v) is 6.33. The summed E-state index contributed by atoms with van der Waals surface area (Å²) in [4.78, 5) is 22.8. The average Bonchev–Trinajstić information content (AvgIpc) is 2.73. The van der Waals surface area contributed by atoms with Gasteiger partial charge in [0.25, 0.3) is 0 Å². The maximum atomic E-state index is 11.6. The minimum Gasteiger partial charge on any atom is -0.491 e. The fourth-order valence-electron chi connectivity index (χ4n) is 2.87. The van der Waals surface area contributed by atoms with E-state index in [-0.39, 0.29) is 6.61 Å². The van der Waals surface area contributed by atoms with Crippen LogP contribution in [0.5, 0.6) is 5.75 Å². The number of hydrogen-bond donors (Lipinski definition) is 0. The first kappa shape index (κ1) is 19.6. The van der Waals surface area contributed by atoms with Crippen molar-refractivity contribution >= 4 is 12.3 Å². The molecule has 0 fully saturated rings. The van der Waals surface area contributed by atoms with Crippen LogP contribution in [0.1, 0.15) is 12.5 Å². The highest BCUT2D eigenvalue weighted by Gasteiger charge is 2.40. The Bertz CT molecular complexity index is 802. The second-order valence-electron chi connectivity index (χ2n) is 6.33. The number of ether oxygens (including phenoxy) is 4. The third-order valence-corrected chi connectivity index (χ3v) is 4.25. The van der Waals surface area contributed by atoms with Crippen molar-refractivity contribution in [3.05, 3.63) is 78.1 Å². The van der Waals surface area contributed by atoms with Crippen molar-refractivity contribution in [2.24, 2.45) is 0 Å². The Kier molecular flexibility index (Phi) is 6.81. The van der Waals surface area contributed by atoms with Crippen molar-refractivity contribution in [2.45, 2.75) is 31.8 Å². The maximum absolute atomic E-state index is 11.6. The van der Waals surface area contributed by atoms with E-state index in [1.54, 1.807) is 12.1 Å². The van der Waals surface area contributed by atoms with Crippen LogP contribution >= 0.6 is 0 Å². The Morgan fingerprint density at radius 3 is 2.39 bits per heavy atom. The van der Waals surface area contributed by atoms with Gasteiger partial charge in [0.05, 0.1) is 18.4 Å². The molecule has 146 valence electrons. The Labute approximate surface area is 163 Å². The lowest BCUT2D eigenvalue weighted by molar-refractivity contribution is -0.155. The van der Waals surface area contributed by atoms with E-state index < -0.39 is 24.3 Å². The van der Waals surface area contributed by atoms with Gasteiger partial charge in [-0.25, -0.2) is 0 Å². The van der Waals surface area contributed by atoms with Gasteiger partial charge in [0.1, 0.15) is 18.5 Å². The number of carbonyl (C=O) groups excluding carboxylic acids is 2. The maximum Gasteiger partial charge on any atom is 0.302 e. The summed E-state index contributed by atoms with van der Waals surface area (Å²) in [7, 11) is 0.